The molecule has 0 radical (unpaired) electrons. The highest BCUT2D eigenvalue weighted by Crippen LogP contribution is 2.22. The Balaban J connectivity index is 2.94. The van der Waals surface area contributed by atoms with E-state index in [-0.39, 0.29) is 16.3 Å². The van der Waals surface area contributed by atoms with E-state index in [2.05, 4.69) is 15.0 Å². The van der Waals surface area contributed by atoms with Gasteiger partial charge in [-0.05, 0) is 13.0 Å². The second-order valence-corrected chi connectivity index (χ2v) is 6.07. The Labute approximate surface area is 116 Å². The molecule has 1 aromatic heterocycles. The van der Waals surface area contributed by atoms with Gasteiger partial charge in [0.05, 0.1) is 5.02 Å². The quantitative estimate of drug-likeness (QED) is 0.700. The fraction of sp³-hybridized carbons (Fsp3) is 0.400. The Morgan fingerprint density at radius 1 is 1.58 bits per heavy atom. The van der Waals surface area contributed by atoms with E-state index in [0.717, 1.165) is 0 Å². The number of sulfonamides is 1. The van der Waals surface area contributed by atoms with Gasteiger partial charge >= 0.3 is 0 Å². The average molecular weight is 307 g/mol. The monoisotopic (exact) mass is 306 g/mol. The zero-order chi connectivity index (χ0) is 14.6. The summed E-state index contributed by atoms with van der Waals surface area (Å²) in [5.74, 6) is -0.206. The Morgan fingerprint density at radius 2 is 2.21 bits per heavy atom. The van der Waals surface area contributed by atoms with Gasteiger partial charge in [0.2, 0.25) is 15.9 Å². The van der Waals surface area contributed by atoms with Crippen LogP contribution in [0.5, 0.6) is 0 Å². The lowest BCUT2D eigenvalue weighted by Crippen LogP contribution is -2.35. The molecule has 9 heteroatoms. The minimum absolute atomic E-state index is 0.0761. The molecule has 0 saturated carbocycles. The van der Waals surface area contributed by atoms with Crippen molar-refractivity contribution in [3.05, 3.63) is 17.3 Å². The lowest BCUT2D eigenvalue weighted by molar-refractivity contribution is -0.118. The lowest BCUT2D eigenvalue weighted by atomic mass is 10.2. The van der Waals surface area contributed by atoms with Crippen LogP contribution in [-0.2, 0) is 14.8 Å². The summed E-state index contributed by atoms with van der Waals surface area (Å²) in [6, 6.07) is 0.671. The molecule has 0 fully saturated rings. The summed E-state index contributed by atoms with van der Waals surface area (Å²) in [5.41, 5.74) is 5.00. The molecular weight excluding hydrogens is 292 g/mol. The Hall–Kier alpha value is -1.38. The molecule has 0 aromatic carbocycles. The number of amides is 1. The van der Waals surface area contributed by atoms with Crippen molar-refractivity contribution in [3.63, 3.8) is 0 Å². The molecule has 7 nitrogen and oxygen atoms in total. The highest BCUT2D eigenvalue weighted by molar-refractivity contribution is 7.89. The second kappa shape index (κ2) is 6.18. The molecule has 1 unspecified atom stereocenters. The molecule has 1 amide bonds. The van der Waals surface area contributed by atoms with Crippen molar-refractivity contribution in [2.75, 3.05) is 12.4 Å². The third-order valence-electron chi connectivity index (χ3n) is 2.23. The number of carbonyl (C=O) groups is 1. The van der Waals surface area contributed by atoms with Gasteiger partial charge in [-0.2, -0.15) is 0 Å². The molecule has 0 saturated heterocycles. The van der Waals surface area contributed by atoms with Gasteiger partial charge in [-0.25, -0.2) is 18.1 Å². The van der Waals surface area contributed by atoms with E-state index >= 15 is 0 Å². The molecule has 1 aromatic rings. The highest BCUT2D eigenvalue weighted by Gasteiger charge is 2.20. The Bertz CT molecular complexity index is 576. The first-order valence-corrected chi connectivity index (χ1v) is 7.26. The van der Waals surface area contributed by atoms with Crippen molar-refractivity contribution in [3.8, 4) is 0 Å². The third kappa shape index (κ3) is 4.34. The van der Waals surface area contributed by atoms with Crippen LogP contribution in [0.4, 0.5) is 5.82 Å². The van der Waals surface area contributed by atoms with Crippen LogP contribution in [0.15, 0.2) is 17.2 Å². The van der Waals surface area contributed by atoms with Crippen molar-refractivity contribution < 1.29 is 13.2 Å². The van der Waals surface area contributed by atoms with Gasteiger partial charge in [0.1, 0.15) is 10.7 Å². The number of anilines is 1. The average Bonchev–Trinajstić information content (AvgIpc) is 2.26. The van der Waals surface area contributed by atoms with Gasteiger partial charge in [-0.15, -0.1) is 0 Å². The molecule has 1 rings (SSSR count). The maximum Gasteiger partial charge on any atom is 0.242 e. The summed E-state index contributed by atoms with van der Waals surface area (Å²) < 4.78 is 26.3. The van der Waals surface area contributed by atoms with Crippen LogP contribution in [-0.4, -0.2) is 32.4 Å². The minimum Gasteiger partial charge on any atom is -0.372 e. The summed E-state index contributed by atoms with van der Waals surface area (Å²) in [6.07, 6.45) is 1.09. The van der Waals surface area contributed by atoms with Crippen molar-refractivity contribution >= 4 is 33.3 Å². The minimum atomic E-state index is -3.79. The van der Waals surface area contributed by atoms with Crippen LogP contribution in [0.2, 0.25) is 5.02 Å². The van der Waals surface area contributed by atoms with Gasteiger partial charge in [0, 0.05) is 25.7 Å². The number of nitrogens with one attached hydrogen (secondary N) is 2. The van der Waals surface area contributed by atoms with E-state index in [1.807, 2.05) is 0 Å². The Kier molecular flexibility index (Phi) is 5.10. The number of nitrogens with zero attached hydrogens (tertiary/aromatic N) is 1. The second-order valence-electron chi connectivity index (χ2n) is 3.94. The number of rotatable bonds is 6. The number of primary amides is 1. The maximum absolute atomic E-state index is 12.0. The summed E-state index contributed by atoms with van der Waals surface area (Å²) in [5, 5.41) is 2.91. The predicted octanol–water partition coefficient (Wildman–Crippen LogP) is 0.319. The molecule has 0 aliphatic rings. The van der Waals surface area contributed by atoms with E-state index in [0.29, 0.717) is 5.82 Å². The number of nitrogens with two attached hydrogens (primary N) is 1. The summed E-state index contributed by atoms with van der Waals surface area (Å²) in [4.78, 5) is 14.5. The van der Waals surface area contributed by atoms with Crippen LogP contribution < -0.4 is 15.8 Å². The molecule has 1 heterocycles. The van der Waals surface area contributed by atoms with Gasteiger partial charge in [-0.1, -0.05) is 11.6 Å². The normalized spacial score (nSPS) is 13.0. The number of carbonyl (C=O) groups excluding carboxylic acids is 1. The molecule has 0 bridgehead atoms. The number of hydrogen-bond acceptors (Lipinski definition) is 5. The molecule has 106 valence electrons. The number of aromatic nitrogens is 1. The van der Waals surface area contributed by atoms with E-state index in [4.69, 9.17) is 17.3 Å². The first-order chi connectivity index (χ1) is 8.76. The van der Waals surface area contributed by atoms with Crippen LogP contribution in [0, 0.1) is 0 Å². The summed E-state index contributed by atoms with van der Waals surface area (Å²) in [6.45, 7) is 1.54. The van der Waals surface area contributed by atoms with Crippen LogP contribution in [0.1, 0.15) is 13.3 Å². The zero-order valence-corrected chi connectivity index (χ0v) is 12.0. The summed E-state index contributed by atoms with van der Waals surface area (Å²) in [7, 11) is -2.16. The summed E-state index contributed by atoms with van der Waals surface area (Å²) >= 11 is 5.87. The van der Waals surface area contributed by atoms with E-state index in [1.54, 1.807) is 14.0 Å². The molecule has 0 aliphatic heterocycles. The fourth-order valence-corrected chi connectivity index (χ4v) is 2.97. The van der Waals surface area contributed by atoms with E-state index in [1.165, 1.54) is 12.3 Å². The van der Waals surface area contributed by atoms with Crippen molar-refractivity contribution in [1.29, 1.82) is 0 Å². The fourth-order valence-electron chi connectivity index (χ4n) is 1.43. The van der Waals surface area contributed by atoms with Gasteiger partial charge in [0.25, 0.3) is 0 Å². The van der Waals surface area contributed by atoms with Gasteiger partial charge < -0.3 is 11.1 Å². The largest absolute Gasteiger partial charge is 0.372 e. The van der Waals surface area contributed by atoms with Crippen LogP contribution in [0.25, 0.3) is 0 Å². The van der Waals surface area contributed by atoms with E-state index < -0.39 is 22.0 Å². The maximum atomic E-state index is 12.0. The zero-order valence-electron chi connectivity index (χ0n) is 10.5. The predicted molar refractivity (Wildman–Crippen MR) is 72.4 cm³/mol. The smallest absolute Gasteiger partial charge is 0.242 e. The van der Waals surface area contributed by atoms with Gasteiger partial charge in [0.15, 0.2) is 0 Å². The van der Waals surface area contributed by atoms with Crippen molar-refractivity contribution in [2.45, 2.75) is 24.3 Å². The molecule has 4 N–H and O–H groups in total. The lowest BCUT2D eigenvalue weighted by Gasteiger charge is -2.13. The highest BCUT2D eigenvalue weighted by atomic mass is 35.5. The standard InChI is InChI=1S/C10H15ClN4O3S/c1-6(3-9(12)16)15-19(17,18)7-4-8(11)10(13-2)14-5-7/h4-6,15H,3H2,1-2H3,(H2,12,16)(H,13,14). The van der Waals surface area contributed by atoms with E-state index in [9.17, 15) is 13.2 Å². The number of pyridine rings is 1. The number of halogens is 1. The molecule has 0 aliphatic carbocycles. The van der Waals surface area contributed by atoms with Crippen LogP contribution >= 0.6 is 11.6 Å². The molecular formula is C10H15ClN4O3S. The number of hydrogen-bond donors (Lipinski definition) is 3. The Morgan fingerprint density at radius 3 is 2.68 bits per heavy atom. The molecule has 19 heavy (non-hydrogen) atoms. The van der Waals surface area contributed by atoms with Gasteiger partial charge in [-0.3, -0.25) is 4.79 Å². The van der Waals surface area contributed by atoms with Crippen molar-refractivity contribution in [2.24, 2.45) is 5.73 Å². The van der Waals surface area contributed by atoms with Crippen molar-refractivity contribution in [1.82, 2.24) is 9.71 Å². The first kappa shape index (κ1) is 15.7. The molecule has 1 atom stereocenters. The SMILES string of the molecule is CNc1ncc(S(=O)(=O)NC(C)CC(N)=O)cc1Cl. The topological polar surface area (TPSA) is 114 Å². The molecule has 0 spiro atoms. The third-order valence-corrected chi connectivity index (χ3v) is 4.07. The first-order valence-electron chi connectivity index (χ1n) is 5.40. The van der Waals surface area contributed by atoms with Crippen LogP contribution in [0.3, 0.4) is 0 Å².